The number of carbonyl (C=O) groups is 2. The summed E-state index contributed by atoms with van der Waals surface area (Å²) in [6, 6.07) is 0. The van der Waals surface area contributed by atoms with Gasteiger partial charge in [0.2, 0.25) is 5.91 Å². The summed E-state index contributed by atoms with van der Waals surface area (Å²) in [5.74, 6) is -1.51. The van der Waals surface area contributed by atoms with Crippen LogP contribution in [0.4, 0.5) is 0 Å². The monoisotopic (exact) mass is 782 g/mol. The second kappa shape index (κ2) is 47.7. The lowest BCUT2D eigenvalue weighted by Gasteiger charge is -2.09. The van der Waals surface area contributed by atoms with Gasteiger partial charge in [-0.25, -0.2) is 4.79 Å². The molecule has 14 nitrogen and oxygen atoms in total. The van der Waals surface area contributed by atoms with Crippen molar-refractivity contribution in [3.63, 3.8) is 0 Å². The molecule has 0 heterocycles. The van der Waals surface area contributed by atoms with E-state index in [9.17, 15) is 9.59 Å². The molecule has 54 heavy (non-hydrogen) atoms. The van der Waals surface area contributed by atoms with Crippen molar-refractivity contribution < 1.29 is 62.1 Å². The van der Waals surface area contributed by atoms with Crippen LogP contribution in [0.2, 0.25) is 0 Å². The molecule has 322 valence electrons. The van der Waals surface area contributed by atoms with Gasteiger partial charge in [0.1, 0.15) is 13.2 Å². The first-order valence-electron chi connectivity index (χ1n) is 20.9. The van der Waals surface area contributed by atoms with E-state index in [1.807, 2.05) is 0 Å². The highest BCUT2D eigenvalue weighted by Crippen LogP contribution is 2.13. The standard InChI is InChI=1S/C40H79NO13/c1-2-3-4-5-6-7-8-9-10-11-12-13-14-15-16-17-19-45-21-23-47-25-27-49-29-31-51-33-35-53-36-34-52-32-30-50-28-26-48-24-22-46-20-18-41-39(42)37-54-38-40(43)44/h2-38H2,1H3,(H,41,42)(H,43,44). The van der Waals surface area contributed by atoms with Crippen molar-refractivity contribution in [3.05, 3.63) is 0 Å². The summed E-state index contributed by atoms with van der Waals surface area (Å²) in [7, 11) is 0. The Labute approximate surface area is 327 Å². The van der Waals surface area contributed by atoms with E-state index in [0.717, 1.165) is 13.0 Å². The molecule has 0 spiro atoms. The van der Waals surface area contributed by atoms with Crippen LogP contribution in [0.1, 0.15) is 110 Å². The molecule has 0 saturated carbocycles. The lowest BCUT2D eigenvalue weighted by Crippen LogP contribution is -2.31. The van der Waals surface area contributed by atoms with Crippen molar-refractivity contribution in [2.24, 2.45) is 0 Å². The van der Waals surface area contributed by atoms with Crippen molar-refractivity contribution in [2.75, 3.05) is 139 Å². The van der Waals surface area contributed by atoms with E-state index < -0.39 is 18.5 Å². The Hall–Kier alpha value is -1.46. The Morgan fingerprint density at radius 2 is 0.630 bits per heavy atom. The molecule has 0 aliphatic carbocycles. The van der Waals surface area contributed by atoms with Crippen molar-refractivity contribution in [1.82, 2.24) is 5.32 Å². The second-order valence-electron chi connectivity index (χ2n) is 13.1. The number of nitrogens with one attached hydrogen (secondary N) is 1. The molecule has 0 aliphatic rings. The third-order valence-corrected chi connectivity index (χ3v) is 8.15. The molecule has 0 atom stereocenters. The SMILES string of the molecule is CCCCCCCCCCCCCCCCCCOCCOCCOCCOCCOCCOCCOCCOCCOCCNC(=O)COCC(=O)O. The first kappa shape index (κ1) is 52.5. The Morgan fingerprint density at radius 3 is 0.944 bits per heavy atom. The average Bonchev–Trinajstić information content (AvgIpc) is 3.16. The molecule has 0 aliphatic heterocycles. The van der Waals surface area contributed by atoms with Gasteiger partial charge in [-0.05, 0) is 6.42 Å². The van der Waals surface area contributed by atoms with Gasteiger partial charge >= 0.3 is 5.97 Å². The van der Waals surface area contributed by atoms with Crippen LogP contribution in [0, 0.1) is 0 Å². The fourth-order valence-corrected chi connectivity index (χ4v) is 5.16. The number of aliphatic carboxylic acids is 1. The third-order valence-electron chi connectivity index (χ3n) is 8.15. The van der Waals surface area contributed by atoms with E-state index >= 15 is 0 Å². The van der Waals surface area contributed by atoms with Crippen LogP contribution in [-0.4, -0.2) is 156 Å². The van der Waals surface area contributed by atoms with Gasteiger partial charge in [0.05, 0.1) is 112 Å². The topological polar surface area (TPSA) is 159 Å². The van der Waals surface area contributed by atoms with E-state index in [2.05, 4.69) is 17.0 Å². The zero-order chi connectivity index (χ0) is 39.1. The number of hydrogen-bond donors (Lipinski definition) is 2. The Morgan fingerprint density at radius 1 is 0.352 bits per heavy atom. The van der Waals surface area contributed by atoms with Crippen LogP contribution < -0.4 is 5.32 Å². The highest BCUT2D eigenvalue weighted by Gasteiger charge is 2.03. The predicted molar refractivity (Wildman–Crippen MR) is 208 cm³/mol. The molecule has 0 unspecified atom stereocenters. The second-order valence-corrected chi connectivity index (χ2v) is 13.1. The van der Waals surface area contributed by atoms with Gasteiger partial charge in [-0.15, -0.1) is 0 Å². The molecular formula is C40H79NO13. The quantitative estimate of drug-likeness (QED) is 0.0735. The maximum Gasteiger partial charge on any atom is 0.329 e. The summed E-state index contributed by atoms with van der Waals surface area (Å²) < 4.78 is 54.1. The summed E-state index contributed by atoms with van der Waals surface area (Å²) in [6.45, 7) is 11.0. The zero-order valence-corrected chi connectivity index (χ0v) is 34.0. The first-order valence-corrected chi connectivity index (χ1v) is 20.9. The first-order chi connectivity index (χ1) is 26.7. The minimum Gasteiger partial charge on any atom is -0.480 e. The molecule has 0 aromatic heterocycles. The minimum atomic E-state index is -1.12. The van der Waals surface area contributed by atoms with Gasteiger partial charge in [0.15, 0.2) is 0 Å². The van der Waals surface area contributed by atoms with E-state index in [4.69, 9.17) is 47.7 Å². The van der Waals surface area contributed by atoms with Crippen LogP contribution in [0.15, 0.2) is 0 Å². The minimum absolute atomic E-state index is 0.297. The van der Waals surface area contributed by atoms with Gasteiger partial charge in [-0.2, -0.15) is 0 Å². The summed E-state index contributed by atoms with van der Waals surface area (Å²) in [6.07, 6.45) is 22.1. The fourth-order valence-electron chi connectivity index (χ4n) is 5.16. The van der Waals surface area contributed by atoms with Gasteiger partial charge in [-0.3, -0.25) is 4.79 Å². The molecule has 0 fully saturated rings. The third kappa shape index (κ3) is 48.6. The van der Waals surface area contributed by atoms with E-state index in [-0.39, 0.29) is 6.61 Å². The molecule has 0 rings (SSSR count). The number of amides is 1. The van der Waals surface area contributed by atoms with Crippen LogP contribution in [-0.2, 0) is 57.0 Å². The molecule has 0 bridgehead atoms. The largest absolute Gasteiger partial charge is 0.480 e. The molecular weight excluding hydrogens is 702 g/mol. The summed E-state index contributed by atoms with van der Waals surface area (Å²) in [5.41, 5.74) is 0. The summed E-state index contributed by atoms with van der Waals surface area (Å²) >= 11 is 0. The molecule has 14 heteroatoms. The number of rotatable bonds is 48. The van der Waals surface area contributed by atoms with E-state index in [1.165, 1.54) is 96.3 Å². The number of ether oxygens (including phenoxy) is 10. The predicted octanol–water partition coefficient (Wildman–Crippen LogP) is 5.61. The van der Waals surface area contributed by atoms with Crippen LogP contribution in [0.25, 0.3) is 0 Å². The number of carboxylic acid groups (broad SMARTS) is 1. The summed E-state index contributed by atoms with van der Waals surface area (Å²) in [4.78, 5) is 21.7. The van der Waals surface area contributed by atoms with Crippen LogP contribution in [0.3, 0.4) is 0 Å². The Bertz CT molecular complexity index is 751. The van der Waals surface area contributed by atoms with Gasteiger partial charge < -0.3 is 57.8 Å². The van der Waals surface area contributed by atoms with Crippen molar-refractivity contribution >= 4 is 11.9 Å². The van der Waals surface area contributed by atoms with E-state index in [0.29, 0.717) is 119 Å². The number of unbranched alkanes of at least 4 members (excludes halogenated alkanes) is 15. The number of carboxylic acids is 1. The fraction of sp³-hybridized carbons (Fsp3) is 0.950. The molecule has 0 saturated heterocycles. The Kier molecular flexibility index (Phi) is 46.4. The van der Waals surface area contributed by atoms with Crippen molar-refractivity contribution in [3.8, 4) is 0 Å². The van der Waals surface area contributed by atoms with E-state index in [1.54, 1.807) is 0 Å². The molecule has 2 N–H and O–H groups in total. The number of carbonyl (C=O) groups excluding carboxylic acids is 1. The van der Waals surface area contributed by atoms with Crippen molar-refractivity contribution in [2.45, 2.75) is 110 Å². The molecule has 0 aromatic carbocycles. The van der Waals surface area contributed by atoms with Gasteiger partial charge in [0, 0.05) is 13.2 Å². The molecule has 1 amide bonds. The number of hydrogen-bond acceptors (Lipinski definition) is 12. The maximum absolute atomic E-state index is 11.4. The van der Waals surface area contributed by atoms with Gasteiger partial charge in [0.25, 0.3) is 0 Å². The smallest absolute Gasteiger partial charge is 0.329 e. The zero-order valence-electron chi connectivity index (χ0n) is 34.0. The normalized spacial score (nSPS) is 11.4. The van der Waals surface area contributed by atoms with Crippen LogP contribution in [0.5, 0.6) is 0 Å². The van der Waals surface area contributed by atoms with Gasteiger partial charge in [-0.1, -0.05) is 103 Å². The van der Waals surface area contributed by atoms with Crippen molar-refractivity contribution in [1.29, 1.82) is 0 Å². The highest BCUT2D eigenvalue weighted by molar-refractivity contribution is 5.77. The lowest BCUT2D eigenvalue weighted by molar-refractivity contribution is -0.143. The summed E-state index contributed by atoms with van der Waals surface area (Å²) in [5, 5.41) is 11.0. The highest BCUT2D eigenvalue weighted by atomic mass is 16.6. The Balaban J connectivity index is 3.09. The lowest BCUT2D eigenvalue weighted by atomic mass is 10.0. The van der Waals surface area contributed by atoms with Crippen LogP contribution >= 0.6 is 0 Å². The average molecular weight is 782 g/mol. The molecule has 0 radical (unpaired) electrons. The molecule has 0 aromatic rings. The maximum atomic E-state index is 11.4.